The molecule has 10 aromatic rings. The lowest BCUT2D eigenvalue weighted by Crippen LogP contribution is -2.12. The summed E-state index contributed by atoms with van der Waals surface area (Å²) in [5, 5.41) is 6.87. The lowest BCUT2D eigenvalue weighted by molar-refractivity contribution is 1.17. The van der Waals surface area contributed by atoms with E-state index >= 15 is 0 Å². The van der Waals surface area contributed by atoms with Crippen LogP contribution in [-0.2, 0) is 0 Å². The van der Waals surface area contributed by atoms with Gasteiger partial charge in [0.15, 0.2) is 0 Å². The van der Waals surface area contributed by atoms with Gasteiger partial charge < -0.3 is 9.80 Å². The second kappa shape index (κ2) is 14.3. The third-order valence-corrected chi connectivity index (χ3v) is 11.2. The molecule has 0 saturated carbocycles. The Kier molecular flexibility index (Phi) is 8.60. The molecule has 0 radical (unpaired) electrons. The minimum absolute atomic E-state index is 0.951. The number of aromatic nitrogens is 4. The average molecular weight is 749 g/mol. The van der Waals surface area contributed by atoms with Crippen LogP contribution in [0.3, 0.4) is 0 Å². The Labute approximate surface area is 338 Å². The van der Waals surface area contributed by atoms with E-state index in [2.05, 4.69) is 191 Å². The van der Waals surface area contributed by atoms with Gasteiger partial charge in [0.25, 0.3) is 0 Å². The van der Waals surface area contributed by atoms with E-state index in [1.807, 2.05) is 24.8 Å². The van der Waals surface area contributed by atoms with Crippen LogP contribution in [0.4, 0.5) is 34.1 Å². The SMILES string of the molecule is Cc1ccc(N(c2ccc(C)cc2)c2cc(-c3cncnc3)c3ccc4c(N(c5ccc(C)cc5)c5ccc(C)cc5)cc(-c5cncnc5)c5ccc2c3c54)cc1. The molecule has 0 spiro atoms. The van der Waals surface area contributed by atoms with Gasteiger partial charge in [0, 0.05) is 80.2 Å². The van der Waals surface area contributed by atoms with E-state index in [1.54, 1.807) is 12.7 Å². The van der Waals surface area contributed by atoms with E-state index in [4.69, 9.17) is 0 Å². The van der Waals surface area contributed by atoms with Crippen molar-refractivity contribution in [3.8, 4) is 22.3 Å². The van der Waals surface area contributed by atoms with Crippen LogP contribution in [0.5, 0.6) is 0 Å². The van der Waals surface area contributed by atoms with E-state index in [-0.39, 0.29) is 0 Å². The standard InChI is InChI=1S/C52H40N6/c1-33-5-13-39(14-6-33)57(40-15-7-34(2)8-16-40)49-25-47(37-27-53-31-54-28-37)43-22-24-46-50(58(41-17-9-35(3)10-18-41)42-19-11-36(4)12-20-42)26-48(38-29-55-32-56-30-38)44-21-23-45(49)51(43)52(44)46/h5-32H,1-4H3. The summed E-state index contributed by atoms with van der Waals surface area (Å²) >= 11 is 0. The molecule has 0 amide bonds. The van der Waals surface area contributed by atoms with Crippen LogP contribution < -0.4 is 9.80 Å². The van der Waals surface area contributed by atoms with E-state index < -0.39 is 0 Å². The number of hydrogen-bond acceptors (Lipinski definition) is 6. The lowest BCUT2D eigenvalue weighted by Gasteiger charge is -2.31. The Hall–Kier alpha value is -7.44. The molecule has 0 aliphatic heterocycles. The fourth-order valence-corrected chi connectivity index (χ4v) is 8.31. The summed E-state index contributed by atoms with van der Waals surface area (Å²) in [6.07, 6.45) is 10.9. The number of nitrogens with zero attached hydrogens (tertiary/aromatic N) is 6. The summed E-state index contributed by atoms with van der Waals surface area (Å²) in [7, 11) is 0. The van der Waals surface area contributed by atoms with Crippen LogP contribution in [0.1, 0.15) is 22.3 Å². The van der Waals surface area contributed by atoms with E-state index in [9.17, 15) is 0 Å². The normalized spacial score (nSPS) is 11.4. The fraction of sp³-hybridized carbons (Fsp3) is 0.0769. The molecule has 0 N–H and O–H groups in total. The van der Waals surface area contributed by atoms with Crippen LogP contribution >= 0.6 is 0 Å². The molecule has 8 aromatic carbocycles. The Balaban J connectivity index is 1.37. The highest BCUT2D eigenvalue weighted by atomic mass is 15.1. The summed E-state index contributed by atoms with van der Waals surface area (Å²) in [4.78, 5) is 22.8. The van der Waals surface area contributed by atoms with Crippen LogP contribution in [-0.4, -0.2) is 19.9 Å². The van der Waals surface area contributed by atoms with Crippen molar-refractivity contribution < 1.29 is 0 Å². The molecule has 0 bridgehead atoms. The van der Waals surface area contributed by atoms with E-state index in [0.29, 0.717) is 0 Å². The third-order valence-electron chi connectivity index (χ3n) is 11.2. The topological polar surface area (TPSA) is 58.0 Å². The number of benzene rings is 8. The first-order chi connectivity index (χ1) is 28.4. The van der Waals surface area contributed by atoms with Gasteiger partial charge in [-0.15, -0.1) is 0 Å². The number of hydrogen-bond donors (Lipinski definition) is 0. The fourth-order valence-electron chi connectivity index (χ4n) is 8.31. The van der Waals surface area contributed by atoms with Gasteiger partial charge in [-0.25, -0.2) is 19.9 Å². The molecule has 0 aliphatic carbocycles. The summed E-state index contributed by atoms with van der Waals surface area (Å²) in [6, 6.07) is 49.0. The number of aryl methyl sites for hydroxylation is 4. The summed E-state index contributed by atoms with van der Waals surface area (Å²) in [5.41, 5.74) is 15.3. The highest BCUT2D eigenvalue weighted by molar-refractivity contribution is 6.32. The van der Waals surface area contributed by atoms with Gasteiger partial charge in [0.1, 0.15) is 12.7 Å². The second-order valence-corrected chi connectivity index (χ2v) is 15.2. The zero-order valence-corrected chi connectivity index (χ0v) is 32.8. The van der Waals surface area contributed by atoms with Gasteiger partial charge in [-0.05, 0) is 110 Å². The summed E-state index contributed by atoms with van der Waals surface area (Å²) in [6.45, 7) is 8.53. The molecule has 10 rings (SSSR count). The molecule has 0 fully saturated rings. The maximum absolute atomic E-state index is 4.51. The maximum Gasteiger partial charge on any atom is 0.115 e. The van der Waals surface area contributed by atoms with Gasteiger partial charge in [0.2, 0.25) is 0 Å². The highest BCUT2D eigenvalue weighted by Crippen LogP contribution is 2.52. The Morgan fingerprint density at radius 3 is 0.897 bits per heavy atom. The predicted octanol–water partition coefficient (Wildman–Crippen LogP) is 13.7. The zero-order valence-electron chi connectivity index (χ0n) is 32.8. The third kappa shape index (κ3) is 6.07. The monoisotopic (exact) mass is 748 g/mol. The molecule has 278 valence electrons. The van der Waals surface area contributed by atoms with Crippen LogP contribution in [0, 0.1) is 27.7 Å². The molecule has 2 aromatic heterocycles. The zero-order chi connectivity index (χ0) is 39.3. The van der Waals surface area contributed by atoms with Crippen molar-refractivity contribution in [1.82, 2.24) is 19.9 Å². The Morgan fingerprint density at radius 2 is 0.603 bits per heavy atom. The molecule has 6 heteroatoms. The van der Waals surface area contributed by atoms with Crippen molar-refractivity contribution in [2.75, 3.05) is 9.80 Å². The Morgan fingerprint density at radius 1 is 0.328 bits per heavy atom. The van der Waals surface area contributed by atoms with E-state index in [0.717, 1.165) is 77.9 Å². The maximum atomic E-state index is 4.51. The largest absolute Gasteiger partial charge is 0.310 e. The van der Waals surface area contributed by atoms with Crippen LogP contribution in [0.2, 0.25) is 0 Å². The van der Waals surface area contributed by atoms with Gasteiger partial charge in [0.05, 0.1) is 11.4 Å². The average Bonchev–Trinajstić information content (AvgIpc) is 3.26. The summed E-state index contributed by atoms with van der Waals surface area (Å²) in [5.74, 6) is 0. The predicted molar refractivity (Wildman–Crippen MR) is 241 cm³/mol. The second-order valence-electron chi connectivity index (χ2n) is 15.2. The minimum Gasteiger partial charge on any atom is -0.310 e. The highest BCUT2D eigenvalue weighted by Gasteiger charge is 2.26. The molecule has 0 atom stereocenters. The summed E-state index contributed by atoms with van der Waals surface area (Å²) < 4.78 is 0. The van der Waals surface area contributed by atoms with Crippen LogP contribution in [0.25, 0.3) is 54.6 Å². The van der Waals surface area contributed by atoms with Gasteiger partial charge in [-0.3, -0.25) is 0 Å². The first-order valence-electron chi connectivity index (χ1n) is 19.6. The minimum atomic E-state index is 0.951. The molecular formula is C52H40N6. The van der Waals surface area contributed by atoms with Crippen molar-refractivity contribution in [2.45, 2.75) is 27.7 Å². The van der Waals surface area contributed by atoms with Crippen molar-refractivity contribution in [2.24, 2.45) is 0 Å². The molecule has 0 unspecified atom stereocenters. The lowest BCUT2D eigenvalue weighted by atomic mass is 9.85. The van der Waals surface area contributed by atoms with Crippen molar-refractivity contribution in [1.29, 1.82) is 0 Å². The number of anilines is 6. The molecular weight excluding hydrogens is 709 g/mol. The number of rotatable bonds is 8. The van der Waals surface area contributed by atoms with Crippen LogP contribution in [0.15, 0.2) is 171 Å². The molecule has 2 heterocycles. The van der Waals surface area contributed by atoms with Gasteiger partial charge >= 0.3 is 0 Å². The van der Waals surface area contributed by atoms with Crippen molar-refractivity contribution >= 4 is 66.4 Å². The molecule has 0 saturated heterocycles. The molecule has 0 aliphatic rings. The molecule has 6 nitrogen and oxygen atoms in total. The smallest absolute Gasteiger partial charge is 0.115 e. The first kappa shape index (κ1) is 35.0. The van der Waals surface area contributed by atoms with Crippen molar-refractivity contribution in [3.63, 3.8) is 0 Å². The Bertz CT molecular complexity index is 2750. The van der Waals surface area contributed by atoms with E-state index in [1.165, 1.54) is 33.0 Å². The van der Waals surface area contributed by atoms with Crippen molar-refractivity contribution in [3.05, 3.63) is 193 Å². The van der Waals surface area contributed by atoms with Gasteiger partial charge in [-0.2, -0.15) is 0 Å². The first-order valence-corrected chi connectivity index (χ1v) is 19.6. The quantitative estimate of drug-likeness (QED) is 0.144. The van der Waals surface area contributed by atoms with Gasteiger partial charge in [-0.1, -0.05) is 95.1 Å². The molecule has 58 heavy (non-hydrogen) atoms.